The van der Waals surface area contributed by atoms with Gasteiger partial charge in [0.2, 0.25) is 0 Å². The van der Waals surface area contributed by atoms with E-state index in [4.69, 9.17) is 10.2 Å². The first-order valence-electron chi connectivity index (χ1n) is 3.33. The van der Waals surface area contributed by atoms with E-state index in [-0.39, 0.29) is 0 Å². The zero-order valence-electron chi connectivity index (χ0n) is 5.33. The predicted molar refractivity (Wildman–Crippen MR) is 35.0 cm³/mol. The Morgan fingerprint density at radius 3 is 2.89 bits per heavy atom. The molecule has 0 heterocycles. The van der Waals surface area contributed by atoms with Crippen LogP contribution in [0.15, 0.2) is 12.2 Å². The number of rotatable bonds is 0. The van der Waals surface area contributed by atoms with Crippen LogP contribution in [-0.2, 0) is 0 Å². The van der Waals surface area contributed by atoms with Crippen molar-refractivity contribution in [3.8, 4) is 0 Å². The number of allylic oxidation sites excluding steroid dienone is 1. The van der Waals surface area contributed by atoms with Crippen LogP contribution in [0.2, 0.25) is 0 Å². The van der Waals surface area contributed by atoms with Gasteiger partial charge in [-0.1, -0.05) is 12.2 Å². The molecule has 2 nitrogen and oxygen atoms in total. The first kappa shape index (κ1) is 6.78. The lowest BCUT2D eigenvalue weighted by atomic mass is 10.1. The minimum atomic E-state index is -0.632. The molecule has 1 aliphatic carbocycles. The van der Waals surface area contributed by atoms with Gasteiger partial charge in [-0.05, 0) is 19.3 Å². The third-order valence-corrected chi connectivity index (χ3v) is 1.60. The molecule has 9 heavy (non-hydrogen) atoms. The summed E-state index contributed by atoms with van der Waals surface area (Å²) >= 11 is 0. The van der Waals surface area contributed by atoms with Gasteiger partial charge in [0.05, 0.1) is 12.2 Å². The van der Waals surface area contributed by atoms with E-state index >= 15 is 0 Å². The third-order valence-electron chi connectivity index (χ3n) is 1.60. The van der Waals surface area contributed by atoms with E-state index in [9.17, 15) is 0 Å². The summed E-state index contributed by atoms with van der Waals surface area (Å²) in [5.41, 5.74) is 0. The fraction of sp³-hybridized carbons (Fsp3) is 0.714. The number of hydrogen-bond donors (Lipinski definition) is 2. The number of aliphatic hydroxyl groups is 2. The van der Waals surface area contributed by atoms with Crippen LogP contribution in [0.25, 0.3) is 0 Å². The second kappa shape index (κ2) is 2.99. The van der Waals surface area contributed by atoms with Crippen molar-refractivity contribution in [2.45, 2.75) is 31.5 Å². The molecule has 1 rings (SSSR count). The molecule has 2 atom stereocenters. The minimum Gasteiger partial charge on any atom is -0.390 e. The van der Waals surface area contributed by atoms with Gasteiger partial charge in [0.15, 0.2) is 0 Å². The molecule has 0 aliphatic heterocycles. The molecule has 0 saturated carbocycles. The monoisotopic (exact) mass is 128 g/mol. The molecule has 0 radical (unpaired) electrons. The van der Waals surface area contributed by atoms with Crippen LogP contribution in [0, 0.1) is 0 Å². The van der Waals surface area contributed by atoms with Crippen LogP contribution in [0.1, 0.15) is 19.3 Å². The fourth-order valence-corrected chi connectivity index (χ4v) is 0.980. The van der Waals surface area contributed by atoms with Gasteiger partial charge in [-0.2, -0.15) is 0 Å². The molecule has 0 aromatic rings. The lowest BCUT2D eigenvalue weighted by Crippen LogP contribution is -2.22. The normalized spacial score (nSPS) is 36.2. The second-order valence-corrected chi connectivity index (χ2v) is 2.42. The van der Waals surface area contributed by atoms with Gasteiger partial charge in [0.1, 0.15) is 0 Å². The zero-order valence-corrected chi connectivity index (χ0v) is 5.33. The van der Waals surface area contributed by atoms with Crippen molar-refractivity contribution in [1.29, 1.82) is 0 Å². The van der Waals surface area contributed by atoms with Gasteiger partial charge in [-0.25, -0.2) is 0 Å². The second-order valence-electron chi connectivity index (χ2n) is 2.42. The molecule has 0 saturated heterocycles. The van der Waals surface area contributed by atoms with Crippen LogP contribution < -0.4 is 0 Å². The first-order valence-corrected chi connectivity index (χ1v) is 3.33. The van der Waals surface area contributed by atoms with Crippen LogP contribution in [0.5, 0.6) is 0 Å². The van der Waals surface area contributed by atoms with Crippen LogP contribution in [0.4, 0.5) is 0 Å². The third kappa shape index (κ3) is 1.80. The van der Waals surface area contributed by atoms with Crippen molar-refractivity contribution in [3.63, 3.8) is 0 Å². The van der Waals surface area contributed by atoms with Crippen molar-refractivity contribution in [3.05, 3.63) is 12.2 Å². The van der Waals surface area contributed by atoms with Crippen molar-refractivity contribution in [2.75, 3.05) is 0 Å². The molecule has 0 bridgehead atoms. The summed E-state index contributed by atoms with van der Waals surface area (Å²) in [6.07, 6.45) is 5.09. The van der Waals surface area contributed by atoms with Gasteiger partial charge >= 0.3 is 0 Å². The van der Waals surface area contributed by atoms with Crippen LogP contribution in [0.3, 0.4) is 0 Å². The Bertz CT molecular complexity index is 109. The summed E-state index contributed by atoms with van der Waals surface area (Å²) in [6.45, 7) is 0. The summed E-state index contributed by atoms with van der Waals surface area (Å²) in [7, 11) is 0. The molecule has 0 spiro atoms. The Morgan fingerprint density at radius 1 is 1.33 bits per heavy atom. The highest BCUT2D eigenvalue weighted by atomic mass is 16.3. The standard InChI is InChI=1S/C7H12O2/c8-6-4-2-1-3-5-7(6)9/h2,4,6-9H,1,3,5H2. The Hall–Kier alpha value is -0.340. The molecule has 2 unspecified atom stereocenters. The highest BCUT2D eigenvalue weighted by Crippen LogP contribution is 2.11. The summed E-state index contributed by atoms with van der Waals surface area (Å²) in [6, 6.07) is 0. The van der Waals surface area contributed by atoms with Crippen LogP contribution >= 0.6 is 0 Å². The lowest BCUT2D eigenvalue weighted by molar-refractivity contribution is 0.0444. The average Bonchev–Trinajstić information content (AvgIpc) is 1.99. The highest BCUT2D eigenvalue weighted by molar-refractivity contribution is 4.94. The van der Waals surface area contributed by atoms with E-state index in [2.05, 4.69) is 0 Å². The van der Waals surface area contributed by atoms with E-state index < -0.39 is 12.2 Å². The summed E-state index contributed by atoms with van der Waals surface area (Å²) < 4.78 is 0. The van der Waals surface area contributed by atoms with Gasteiger partial charge in [0, 0.05) is 0 Å². The van der Waals surface area contributed by atoms with E-state index in [0.717, 1.165) is 12.8 Å². The van der Waals surface area contributed by atoms with Gasteiger partial charge in [-0.3, -0.25) is 0 Å². The molecule has 0 amide bonds. The van der Waals surface area contributed by atoms with Crippen molar-refractivity contribution < 1.29 is 10.2 Å². The predicted octanol–water partition coefficient (Wildman–Crippen LogP) is 0.448. The van der Waals surface area contributed by atoms with Crippen molar-refractivity contribution in [1.82, 2.24) is 0 Å². The Kier molecular flexibility index (Phi) is 2.25. The Balaban J connectivity index is 2.46. The van der Waals surface area contributed by atoms with Crippen LogP contribution in [-0.4, -0.2) is 22.4 Å². The fourth-order valence-electron chi connectivity index (χ4n) is 0.980. The van der Waals surface area contributed by atoms with Crippen molar-refractivity contribution in [2.24, 2.45) is 0 Å². The summed E-state index contributed by atoms with van der Waals surface area (Å²) in [4.78, 5) is 0. The molecule has 52 valence electrons. The average molecular weight is 128 g/mol. The molecule has 0 fully saturated rings. The largest absolute Gasteiger partial charge is 0.390 e. The lowest BCUT2D eigenvalue weighted by Gasteiger charge is -2.10. The highest BCUT2D eigenvalue weighted by Gasteiger charge is 2.13. The molecule has 1 aliphatic rings. The smallest absolute Gasteiger partial charge is 0.0979 e. The van der Waals surface area contributed by atoms with Gasteiger partial charge in [0.25, 0.3) is 0 Å². The van der Waals surface area contributed by atoms with E-state index in [0.29, 0.717) is 6.42 Å². The molecule has 0 aromatic carbocycles. The SMILES string of the molecule is OC1C=CCCCC1O. The van der Waals surface area contributed by atoms with Gasteiger partial charge < -0.3 is 10.2 Å². The minimum absolute atomic E-state index is 0.538. The quantitative estimate of drug-likeness (QED) is 0.465. The van der Waals surface area contributed by atoms with E-state index in [1.807, 2.05) is 6.08 Å². The van der Waals surface area contributed by atoms with E-state index in [1.54, 1.807) is 6.08 Å². The zero-order chi connectivity index (χ0) is 6.69. The summed E-state index contributed by atoms with van der Waals surface area (Å²) in [5, 5.41) is 18.1. The maximum atomic E-state index is 9.06. The van der Waals surface area contributed by atoms with Gasteiger partial charge in [-0.15, -0.1) is 0 Å². The first-order chi connectivity index (χ1) is 4.30. The number of hydrogen-bond acceptors (Lipinski definition) is 2. The molecule has 0 aromatic heterocycles. The Labute approximate surface area is 54.8 Å². The maximum Gasteiger partial charge on any atom is 0.0979 e. The number of aliphatic hydroxyl groups excluding tert-OH is 2. The molecular weight excluding hydrogens is 116 g/mol. The maximum absolute atomic E-state index is 9.06. The molecular formula is C7H12O2. The molecule has 2 heteroatoms. The topological polar surface area (TPSA) is 40.5 Å². The van der Waals surface area contributed by atoms with E-state index in [1.165, 1.54) is 0 Å². The molecule has 2 N–H and O–H groups in total. The Morgan fingerprint density at radius 2 is 2.11 bits per heavy atom. The summed E-state index contributed by atoms with van der Waals surface area (Å²) in [5.74, 6) is 0. The van der Waals surface area contributed by atoms with Crippen molar-refractivity contribution >= 4 is 0 Å².